The normalized spacial score (nSPS) is 11.1. The van der Waals surface area contributed by atoms with Crippen LogP contribution in [0.25, 0.3) is 24.3 Å². The Hall–Kier alpha value is -4.18. The van der Waals surface area contributed by atoms with Gasteiger partial charge in [-0.2, -0.15) is 0 Å². The van der Waals surface area contributed by atoms with E-state index < -0.39 is 0 Å². The lowest BCUT2D eigenvalue weighted by atomic mass is 10.1. The standard InChI is InChI=1S/C46H64N4.2CH3/c1-7-49(8-2)45-27-21-41(22-28-45)19-25-43-31-35-47(37-39(43)5)33-17-15-13-11-12-14-16-18-34-48-36-32-44(40(6)38-48)26-20-42-23-29-46(30-24-42)50(9-3)10-4;;/h19-32,35-38H,7-18,33-34H2,1-6H3;2*1H3/q+2;2*-1. The van der Waals surface area contributed by atoms with Gasteiger partial charge in [0.25, 0.3) is 0 Å². The maximum atomic E-state index is 2.38. The van der Waals surface area contributed by atoms with Gasteiger partial charge in [0.05, 0.1) is 0 Å². The van der Waals surface area contributed by atoms with Gasteiger partial charge in [0.1, 0.15) is 13.1 Å². The predicted octanol–water partition coefficient (Wildman–Crippen LogP) is 11.6. The van der Waals surface area contributed by atoms with Gasteiger partial charge in [0.15, 0.2) is 24.8 Å². The molecule has 4 heteroatoms. The number of aryl methyl sites for hydroxylation is 4. The zero-order chi connectivity index (χ0) is 35.6. The number of benzene rings is 2. The molecule has 0 radical (unpaired) electrons. The molecule has 0 saturated heterocycles. The lowest BCUT2D eigenvalue weighted by Crippen LogP contribution is -2.33. The summed E-state index contributed by atoms with van der Waals surface area (Å²) < 4.78 is 4.72. The second kappa shape index (κ2) is 24.1. The van der Waals surface area contributed by atoms with Gasteiger partial charge < -0.3 is 24.7 Å². The van der Waals surface area contributed by atoms with E-state index in [0.29, 0.717) is 0 Å². The minimum absolute atomic E-state index is 0. The largest absolute Gasteiger partial charge is 0.372 e. The van der Waals surface area contributed by atoms with E-state index in [2.05, 4.69) is 170 Å². The number of unbranched alkanes of at least 4 members (excludes halogenated alkanes) is 7. The fraction of sp³-hybridized carbons (Fsp3) is 0.417. The molecule has 52 heavy (non-hydrogen) atoms. The number of nitrogens with zero attached hydrogens (tertiary/aromatic N) is 4. The summed E-state index contributed by atoms with van der Waals surface area (Å²) >= 11 is 0. The van der Waals surface area contributed by atoms with Crippen LogP contribution in [0.5, 0.6) is 0 Å². The summed E-state index contributed by atoms with van der Waals surface area (Å²) in [6.45, 7) is 19.6. The first-order valence-corrected chi connectivity index (χ1v) is 19.5. The van der Waals surface area contributed by atoms with Crippen molar-refractivity contribution in [3.8, 4) is 0 Å². The van der Waals surface area contributed by atoms with E-state index in [4.69, 9.17) is 0 Å². The van der Waals surface area contributed by atoms with Crippen molar-refractivity contribution < 1.29 is 9.13 Å². The molecule has 4 rings (SSSR count). The van der Waals surface area contributed by atoms with Gasteiger partial charge in [0.2, 0.25) is 0 Å². The Morgan fingerprint density at radius 1 is 0.442 bits per heavy atom. The van der Waals surface area contributed by atoms with Gasteiger partial charge in [-0.1, -0.05) is 74.3 Å². The third kappa shape index (κ3) is 14.1. The Bertz CT molecular complexity index is 1490. The molecule has 0 saturated carbocycles. The maximum Gasteiger partial charge on any atom is 0.172 e. The van der Waals surface area contributed by atoms with Crippen molar-refractivity contribution in [3.63, 3.8) is 0 Å². The van der Waals surface area contributed by atoms with E-state index in [-0.39, 0.29) is 14.9 Å². The molecule has 282 valence electrons. The van der Waals surface area contributed by atoms with Gasteiger partial charge in [0, 0.05) is 73.7 Å². The first kappa shape index (κ1) is 44.0. The minimum Gasteiger partial charge on any atom is -0.372 e. The zero-order valence-electron chi connectivity index (χ0n) is 34.1. The van der Waals surface area contributed by atoms with E-state index in [1.807, 2.05) is 0 Å². The molecule has 0 aliphatic carbocycles. The average molecular weight is 703 g/mol. The van der Waals surface area contributed by atoms with Crippen LogP contribution >= 0.6 is 0 Å². The van der Waals surface area contributed by atoms with Crippen molar-refractivity contribution >= 4 is 35.7 Å². The lowest BCUT2D eigenvalue weighted by Gasteiger charge is -2.20. The van der Waals surface area contributed by atoms with Crippen LogP contribution in [0.3, 0.4) is 0 Å². The highest BCUT2D eigenvalue weighted by Crippen LogP contribution is 2.19. The molecule has 2 aromatic heterocycles. The highest BCUT2D eigenvalue weighted by atomic mass is 15.1. The number of hydrogen-bond acceptors (Lipinski definition) is 2. The highest BCUT2D eigenvalue weighted by molar-refractivity contribution is 5.72. The van der Waals surface area contributed by atoms with Crippen LogP contribution in [0.2, 0.25) is 0 Å². The molecule has 0 aliphatic rings. The molecule has 2 heterocycles. The summed E-state index contributed by atoms with van der Waals surface area (Å²) in [6.07, 6.45) is 28.6. The van der Waals surface area contributed by atoms with Crippen molar-refractivity contribution in [2.45, 2.75) is 106 Å². The van der Waals surface area contributed by atoms with Crippen LogP contribution in [0.15, 0.2) is 85.5 Å². The fourth-order valence-corrected chi connectivity index (χ4v) is 6.79. The van der Waals surface area contributed by atoms with Crippen LogP contribution in [-0.2, 0) is 13.1 Å². The van der Waals surface area contributed by atoms with Gasteiger partial charge >= 0.3 is 0 Å². The summed E-state index contributed by atoms with van der Waals surface area (Å²) in [5.74, 6) is 0. The van der Waals surface area contributed by atoms with Crippen LogP contribution < -0.4 is 18.9 Å². The minimum atomic E-state index is 0. The second-order valence-electron chi connectivity index (χ2n) is 13.7. The monoisotopic (exact) mass is 703 g/mol. The average Bonchev–Trinajstić information content (AvgIpc) is 3.13. The van der Waals surface area contributed by atoms with Crippen molar-refractivity contribution in [2.75, 3.05) is 36.0 Å². The summed E-state index contributed by atoms with van der Waals surface area (Å²) in [6, 6.07) is 22.3. The van der Waals surface area contributed by atoms with Crippen molar-refractivity contribution in [1.82, 2.24) is 0 Å². The molecule has 0 fully saturated rings. The summed E-state index contributed by atoms with van der Waals surface area (Å²) in [5.41, 5.74) is 10.3. The third-order valence-corrected chi connectivity index (χ3v) is 10.1. The number of pyridine rings is 2. The van der Waals surface area contributed by atoms with Crippen LogP contribution in [-0.4, -0.2) is 26.2 Å². The number of anilines is 2. The van der Waals surface area contributed by atoms with E-state index in [0.717, 1.165) is 39.3 Å². The summed E-state index contributed by atoms with van der Waals surface area (Å²) in [4.78, 5) is 4.76. The smallest absolute Gasteiger partial charge is 0.172 e. The Kier molecular flexibility index (Phi) is 20.4. The zero-order valence-corrected chi connectivity index (χ0v) is 34.1. The number of hydrogen-bond donors (Lipinski definition) is 0. The Balaban J connectivity index is 0.00000468. The molecule has 0 unspecified atom stereocenters. The third-order valence-electron chi connectivity index (χ3n) is 10.1. The van der Waals surface area contributed by atoms with E-state index >= 15 is 0 Å². The molecular formula is C48H70N4. The topological polar surface area (TPSA) is 14.2 Å². The fourth-order valence-electron chi connectivity index (χ4n) is 6.79. The van der Waals surface area contributed by atoms with Gasteiger partial charge in [-0.15, -0.1) is 0 Å². The summed E-state index contributed by atoms with van der Waals surface area (Å²) in [7, 11) is 0. The molecule has 0 atom stereocenters. The first-order chi connectivity index (χ1) is 24.4. The van der Waals surface area contributed by atoms with Crippen LogP contribution in [0.1, 0.15) is 112 Å². The van der Waals surface area contributed by atoms with E-state index in [1.165, 1.54) is 96.1 Å². The predicted molar refractivity (Wildman–Crippen MR) is 230 cm³/mol. The van der Waals surface area contributed by atoms with Crippen molar-refractivity contribution in [1.29, 1.82) is 0 Å². The quantitative estimate of drug-likeness (QED) is 0.0487. The molecule has 0 N–H and O–H groups in total. The summed E-state index contributed by atoms with van der Waals surface area (Å²) in [5, 5.41) is 0. The molecule has 4 aromatic rings. The van der Waals surface area contributed by atoms with Crippen LogP contribution in [0.4, 0.5) is 11.4 Å². The highest BCUT2D eigenvalue weighted by Gasteiger charge is 2.07. The number of aromatic nitrogens is 2. The Morgan fingerprint density at radius 2 is 0.769 bits per heavy atom. The van der Waals surface area contributed by atoms with Gasteiger partial charge in [-0.25, -0.2) is 9.13 Å². The van der Waals surface area contributed by atoms with E-state index in [1.54, 1.807) is 0 Å². The van der Waals surface area contributed by atoms with Crippen LogP contribution in [0, 0.1) is 28.7 Å². The molecule has 2 aromatic carbocycles. The van der Waals surface area contributed by atoms with Crippen molar-refractivity contribution in [3.05, 3.63) is 134 Å². The molecule has 0 bridgehead atoms. The Morgan fingerprint density at radius 3 is 1.08 bits per heavy atom. The molecular weight excluding hydrogens is 633 g/mol. The van der Waals surface area contributed by atoms with E-state index in [9.17, 15) is 0 Å². The molecule has 4 nitrogen and oxygen atoms in total. The second-order valence-corrected chi connectivity index (χ2v) is 13.7. The number of rotatable bonds is 21. The molecule has 0 amide bonds. The Labute approximate surface area is 319 Å². The lowest BCUT2D eigenvalue weighted by molar-refractivity contribution is -0.697. The molecule has 0 aliphatic heterocycles. The SMILES string of the molecule is CCN(CC)c1ccc(/C=C/c2cc[n+](CCCCCCCCCC[n+]3ccc(/C=C/c4ccc(N(CC)CC)cc4)c(C)c3)cc2C)cc1.[CH3-].[CH3-]. The maximum absolute atomic E-state index is 2.38. The van der Waals surface area contributed by atoms with Crippen molar-refractivity contribution in [2.24, 2.45) is 0 Å². The van der Waals surface area contributed by atoms with Gasteiger partial charge in [-0.3, -0.25) is 0 Å². The molecule has 0 spiro atoms. The van der Waals surface area contributed by atoms with Gasteiger partial charge in [-0.05, 0) is 101 Å². The first-order valence-electron chi connectivity index (χ1n) is 19.5.